The molecule has 0 bridgehead atoms. The van der Waals surface area contributed by atoms with Gasteiger partial charge >= 0.3 is 6.09 Å². The molecule has 1 aliphatic rings. The lowest BCUT2D eigenvalue weighted by Crippen LogP contribution is -2.54. The third-order valence-corrected chi connectivity index (χ3v) is 5.97. The van der Waals surface area contributed by atoms with Gasteiger partial charge in [0.25, 0.3) is 0 Å². The highest BCUT2D eigenvalue weighted by Gasteiger charge is 2.36. The molecule has 34 heavy (non-hydrogen) atoms. The van der Waals surface area contributed by atoms with Gasteiger partial charge in [-0.05, 0) is 46.1 Å². The highest BCUT2D eigenvalue weighted by molar-refractivity contribution is 7.80. The first-order valence-electron chi connectivity index (χ1n) is 11.7. The van der Waals surface area contributed by atoms with E-state index in [1.807, 2.05) is 25.1 Å². The number of amides is 3. The minimum absolute atomic E-state index is 0.0229. The molecular weight excluding hydrogens is 452 g/mol. The van der Waals surface area contributed by atoms with Crippen molar-refractivity contribution in [2.24, 2.45) is 0 Å². The number of rotatable bonds is 8. The third kappa shape index (κ3) is 8.24. The highest BCUT2D eigenvalue weighted by Crippen LogP contribution is 2.25. The van der Waals surface area contributed by atoms with E-state index in [1.165, 1.54) is 4.90 Å². The lowest BCUT2D eigenvalue weighted by molar-refractivity contribution is -0.141. The summed E-state index contributed by atoms with van der Waals surface area (Å²) in [6.07, 6.45) is 4.24. The molecule has 1 saturated carbocycles. The molecule has 3 amide bonds. The molecule has 0 spiro atoms. The molecule has 2 rings (SSSR count). The first-order chi connectivity index (χ1) is 16.1. The van der Waals surface area contributed by atoms with Crippen LogP contribution in [-0.2, 0) is 14.3 Å². The Morgan fingerprint density at radius 2 is 1.79 bits per heavy atom. The number of hydrogen-bond acceptors (Lipinski definition) is 6. The van der Waals surface area contributed by atoms with E-state index < -0.39 is 29.7 Å². The van der Waals surface area contributed by atoms with E-state index in [0.717, 1.165) is 37.7 Å². The molecule has 2 atom stereocenters. The molecular formula is C25H36N4O4S. The van der Waals surface area contributed by atoms with Crippen molar-refractivity contribution < 1.29 is 19.1 Å². The summed E-state index contributed by atoms with van der Waals surface area (Å²) in [6.45, 7) is 6.76. The number of nitriles is 1. The van der Waals surface area contributed by atoms with Gasteiger partial charge in [-0.15, -0.1) is 0 Å². The SMILES string of the molecule is Cc1ccc(C(C(=O)NC2CCCCC2)N(CC#N)C(=O)C(CS)NC(=O)OC(C)(C)C)cc1. The summed E-state index contributed by atoms with van der Waals surface area (Å²) in [6, 6.07) is 7.24. The van der Waals surface area contributed by atoms with Gasteiger partial charge in [0.05, 0.1) is 6.07 Å². The van der Waals surface area contributed by atoms with E-state index in [0.29, 0.717) is 5.56 Å². The number of nitrogens with one attached hydrogen (secondary N) is 2. The zero-order valence-corrected chi connectivity index (χ0v) is 21.4. The van der Waals surface area contributed by atoms with Gasteiger partial charge in [0.2, 0.25) is 11.8 Å². The second-order valence-corrected chi connectivity index (χ2v) is 10.0. The van der Waals surface area contributed by atoms with Crippen LogP contribution in [-0.4, -0.2) is 52.8 Å². The van der Waals surface area contributed by atoms with Crippen LogP contribution in [0.1, 0.15) is 70.0 Å². The average molecular weight is 489 g/mol. The number of nitrogens with zero attached hydrogens (tertiary/aromatic N) is 2. The maximum atomic E-state index is 13.5. The fourth-order valence-corrected chi connectivity index (χ4v) is 4.20. The van der Waals surface area contributed by atoms with Crippen molar-refractivity contribution in [3.8, 4) is 6.07 Å². The van der Waals surface area contributed by atoms with Crippen molar-refractivity contribution in [2.75, 3.05) is 12.3 Å². The van der Waals surface area contributed by atoms with Gasteiger partial charge < -0.3 is 20.3 Å². The Balaban J connectivity index is 2.34. The van der Waals surface area contributed by atoms with E-state index in [1.54, 1.807) is 32.9 Å². The molecule has 186 valence electrons. The van der Waals surface area contributed by atoms with Crippen molar-refractivity contribution in [1.82, 2.24) is 15.5 Å². The maximum absolute atomic E-state index is 13.5. The van der Waals surface area contributed by atoms with E-state index in [4.69, 9.17) is 4.74 Å². The van der Waals surface area contributed by atoms with Crippen LogP contribution in [0, 0.1) is 18.3 Å². The van der Waals surface area contributed by atoms with Crippen molar-refractivity contribution in [2.45, 2.75) is 83.5 Å². The number of aryl methyl sites for hydroxylation is 1. The van der Waals surface area contributed by atoms with Crippen LogP contribution in [0.15, 0.2) is 24.3 Å². The number of alkyl carbamates (subject to hydrolysis) is 1. The number of thiol groups is 1. The molecule has 0 heterocycles. The fraction of sp³-hybridized carbons (Fsp3) is 0.600. The fourth-order valence-electron chi connectivity index (χ4n) is 3.96. The first-order valence-corrected chi connectivity index (χ1v) is 12.3. The van der Waals surface area contributed by atoms with Crippen LogP contribution >= 0.6 is 12.6 Å². The highest BCUT2D eigenvalue weighted by atomic mass is 32.1. The summed E-state index contributed by atoms with van der Waals surface area (Å²) in [4.78, 5) is 40.5. The molecule has 0 saturated heterocycles. The van der Waals surface area contributed by atoms with Gasteiger partial charge in [-0.3, -0.25) is 9.59 Å². The minimum atomic E-state index is -1.07. The van der Waals surface area contributed by atoms with Crippen LogP contribution in [0.25, 0.3) is 0 Å². The van der Waals surface area contributed by atoms with E-state index in [-0.39, 0.29) is 24.2 Å². The van der Waals surface area contributed by atoms with E-state index in [9.17, 15) is 19.6 Å². The van der Waals surface area contributed by atoms with E-state index in [2.05, 4.69) is 23.3 Å². The Morgan fingerprint density at radius 1 is 1.18 bits per heavy atom. The largest absolute Gasteiger partial charge is 0.444 e. The summed E-state index contributed by atoms with van der Waals surface area (Å²) in [5, 5.41) is 15.1. The predicted octanol–water partition coefficient (Wildman–Crippen LogP) is 3.66. The van der Waals surface area contributed by atoms with Crippen LogP contribution in [0.2, 0.25) is 0 Å². The lowest BCUT2D eigenvalue weighted by Gasteiger charge is -2.34. The molecule has 9 heteroatoms. The number of ether oxygens (including phenoxy) is 1. The van der Waals surface area contributed by atoms with Gasteiger partial charge in [0, 0.05) is 11.8 Å². The molecule has 2 unspecified atom stereocenters. The summed E-state index contributed by atoms with van der Waals surface area (Å²) >= 11 is 4.23. The maximum Gasteiger partial charge on any atom is 0.408 e. The monoisotopic (exact) mass is 488 g/mol. The summed E-state index contributed by atoms with van der Waals surface area (Å²) in [7, 11) is 0. The lowest BCUT2D eigenvalue weighted by atomic mass is 9.94. The van der Waals surface area contributed by atoms with Crippen LogP contribution in [0.5, 0.6) is 0 Å². The first kappa shape index (κ1) is 27.5. The van der Waals surface area contributed by atoms with Crippen molar-refractivity contribution in [1.29, 1.82) is 5.26 Å². The molecule has 2 N–H and O–H groups in total. The minimum Gasteiger partial charge on any atom is -0.444 e. The Kier molecular flexibility index (Phi) is 10.2. The summed E-state index contributed by atoms with van der Waals surface area (Å²) < 4.78 is 5.27. The van der Waals surface area contributed by atoms with Gasteiger partial charge in [-0.25, -0.2) is 4.79 Å². The third-order valence-electron chi connectivity index (χ3n) is 5.60. The van der Waals surface area contributed by atoms with Gasteiger partial charge in [-0.1, -0.05) is 49.1 Å². The standard InChI is InChI=1S/C25H36N4O4S/c1-17-10-12-18(13-11-17)21(22(30)27-19-8-6-5-7-9-19)29(15-14-26)23(31)20(16-34)28-24(32)33-25(2,3)4/h10-13,19-21,34H,5-9,15-16H2,1-4H3,(H,27,30)(H,28,32). The van der Waals surface area contributed by atoms with Crippen LogP contribution < -0.4 is 10.6 Å². The normalized spacial score (nSPS) is 16.0. The Labute approximate surface area is 207 Å². The number of carbonyl (C=O) groups excluding carboxylic acids is 3. The van der Waals surface area contributed by atoms with Gasteiger partial charge in [0.15, 0.2) is 0 Å². The molecule has 1 aromatic carbocycles. The molecule has 0 aliphatic heterocycles. The molecule has 0 radical (unpaired) electrons. The smallest absolute Gasteiger partial charge is 0.408 e. The number of carbonyl (C=O) groups is 3. The van der Waals surface area contributed by atoms with Crippen molar-refractivity contribution >= 4 is 30.5 Å². The zero-order valence-electron chi connectivity index (χ0n) is 20.5. The van der Waals surface area contributed by atoms with Crippen molar-refractivity contribution in [3.05, 3.63) is 35.4 Å². The van der Waals surface area contributed by atoms with Gasteiger partial charge in [-0.2, -0.15) is 17.9 Å². The van der Waals surface area contributed by atoms with Gasteiger partial charge in [0.1, 0.15) is 24.2 Å². The van der Waals surface area contributed by atoms with Crippen LogP contribution in [0.3, 0.4) is 0 Å². The average Bonchev–Trinajstić information content (AvgIpc) is 2.77. The predicted molar refractivity (Wildman–Crippen MR) is 133 cm³/mol. The zero-order chi connectivity index (χ0) is 25.3. The van der Waals surface area contributed by atoms with Crippen LogP contribution in [0.4, 0.5) is 4.79 Å². The number of hydrogen-bond donors (Lipinski definition) is 3. The van der Waals surface area contributed by atoms with E-state index >= 15 is 0 Å². The molecule has 1 aromatic rings. The number of benzene rings is 1. The molecule has 1 aliphatic carbocycles. The molecule has 0 aromatic heterocycles. The second kappa shape index (κ2) is 12.7. The topological polar surface area (TPSA) is 112 Å². The Hall–Kier alpha value is -2.73. The van der Waals surface area contributed by atoms with Crippen molar-refractivity contribution in [3.63, 3.8) is 0 Å². The summed E-state index contributed by atoms with van der Waals surface area (Å²) in [5.41, 5.74) is 0.858. The Morgan fingerprint density at radius 3 is 2.32 bits per heavy atom. The summed E-state index contributed by atoms with van der Waals surface area (Å²) in [5.74, 6) is -0.938. The second-order valence-electron chi connectivity index (χ2n) is 9.66. The Bertz CT molecular complexity index is 886. The quantitative estimate of drug-likeness (QED) is 0.382. The molecule has 1 fully saturated rings. The molecule has 8 nitrogen and oxygen atoms in total.